The van der Waals surface area contributed by atoms with Crippen LogP contribution in [0.25, 0.3) is 6.08 Å². The first kappa shape index (κ1) is 35.9. The molecule has 2 amide bonds. The van der Waals surface area contributed by atoms with E-state index in [1.54, 1.807) is 24.3 Å². The second-order valence-electron chi connectivity index (χ2n) is 15.5. The van der Waals surface area contributed by atoms with E-state index >= 15 is 0 Å². The van der Waals surface area contributed by atoms with E-state index in [1.165, 1.54) is 12.1 Å². The summed E-state index contributed by atoms with van der Waals surface area (Å²) in [6, 6.07) is 12.0. The van der Waals surface area contributed by atoms with E-state index in [2.05, 4.69) is 67.5 Å². The van der Waals surface area contributed by atoms with E-state index in [9.17, 15) is 22.8 Å². The van der Waals surface area contributed by atoms with Crippen LogP contribution in [-0.2, 0) is 17.5 Å². The fourth-order valence-electron chi connectivity index (χ4n) is 6.86. The summed E-state index contributed by atoms with van der Waals surface area (Å²) in [5.41, 5.74) is 0.490. The number of halogens is 3. The molecule has 49 heavy (non-hydrogen) atoms. The molecule has 1 spiro atoms. The summed E-state index contributed by atoms with van der Waals surface area (Å²) in [6.45, 7) is 13.3. The maximum atomic E-state index is 14.5. The third-order valence-electron chi connectivity index (χ3n) is 9.71. The first-order chi connectivity index (χ1) is 23.0. The van der Waals surface area contributed by atoms with Gasteiger partial charge in [-0.3, -0.25) is 14.6 Å². The highest BCUT2D eigenvalue weighted by Gasteiger charge is 2.52. The average Bonchev–Trinajstić information content (AvgIpc) is 3.65. The summed E-state index contributed by atoms with van der Waals surface area (Å²) in [4.78, 5) is 34.5. The van der Waals surface area contributed by atoms with Crippen LogP contribution in [0.2, 0.25) is 0 Å². The predicted octanol–water partition coefficient (Wildman–Crippen LogP) is 7.95. The van der Waals surface area contributed by atoms with Gasteiger partial charge in [-0.1, -0.05) is 77.1 Å². The van der Waals surface area contributed by atoms with Crippen molar-refractivity contribution < 1.29 is 22.8 Å². The predicted molar refractivity (Wildman–Crippen MR) is 182 cm³/mol. The maximum Gasteiger partial charge on any atom is 0.416 e. The van der Waals surface area contributed by atoms with Crippen molar-refractivity contribution in [2.75, 3.05) is 0 Å². The number of hydrogen-bond acceptors (Lipinski definition) is 6. The van der Waals surface area contributed by atoms with Crippen LogP contribution in [0.15, 0.2) is 59.6 Å². The minimum absolute atomic E-state index is 0.0137. The number of carbonyl (C=O) groups excluding carboxylic acids is 2. The van der Waals surface area contributed by atoms with Crippen LogP contribution in [-0.4, -0.2) is 48.7 Å². The zero-order valence-electron chi connectivity index (χ0n) is 29.1. The third-order valence-corrected chi connectivity index (χ3v) is 9.71. The molecule has 1 aliphatic heterocycles. The monoisotopic (exact) mass is 677 g/mol. The molecule has 262 valence electrons. The summed E-state index contributed by atoms with van der Waals surface area (Å²) in [5, 5.41) is 16.4. The van der Waals surface area contributed by atoms with Crippen molar-refractivity contribution in [3.8, 4) is 0 Å². The molecular weight excluding hydrogens is 631 g/mol. The highest BCUT2D eigenvalue weighted by Crippen LogP contribution is 2.50. The highest BCUT2D eigenvalue weighted by molar-refractivity contribution is 6.45. The molecule has 1 saturated carbocycles. The first-order valence-electron chi connectivity index (χ1n) is 16.8. The van der Waals surface area contributed by atoms with Gasteiger partial charge in [-0.15, -0.1) is 10.2 Å². The van der Waals surface area contributed by atoms with E-state index in [0.717, 1.165) is 37.0 Å². The highest BCUT2D eigenvalue weighted by atomic mass is 19.4. The number of nitrogens with zero attached hydrogens (tertiary/aromatic N) is 5. The smallest absolute Gasteiger partial charge is 0.345 e. The fraction of sp³-hybridized carbons (Fsp3) is 0.514. The SMILES string of the molecule is CC(C)(C)CC[C@H](c1ccc(C(=O)NCc2nn[nH]n2)cc1)N1C(=O)C(/C=C/c2cccc(C(F)(F)F)c2)=NC12CCC(C(C)(C)C)CC2. The van der Waals surface area contributed by atoms with Crippen molar-refractivity contribution in [3.05, 3.63) is 82.7 Å². The molecule has 0 bridgehead atoms. The van der Waals surface area contributed by atoms with E-state index in [1.807, 2.05) is 17.0 Å². The molecule has 2 aromatic carbocycles. The second-order valence-corrected chi connectivity index (χ2v) is 15.5. The Morgan fingerprint density at radius 1 is 1.04 bits per heavy atom. The standard InChI is InChI=1S/C37H46F3N7O2/c1-34(2,3)19-18-30(25-11-13-26(14-12-25)32(48)41-23-31-43-45-46-44-31)47-33(49)29(15-10-24-8-7-9-28(22-24)37(38,39)40)42-36(47)20-16-27(17-21-36)35(4,5)6/h7-15,22,27,30H,16-21,23H2,1-6H3,(H,41,48)(H,43,44,45,46)/b15-10+/t27?,30-,36?/m1/s1. The van der Waals surface area contributed by atoms with Crippen LogP contribution in [0.5, 0.6) is 0 Å². The van der Waals surface area contributed by atoms with Gasteiger partial charge in [0.2, 0.25) is 0 Å². The molecule has 0 unspecified atom stereocenters. The van der Waals surface area contributed by atoms with Gasteiger partial charge in [0.1, 0.15) is 11.4 Å². The number of rotatable bonds is 9. The number of aromatic amines is 1. The zero-order chi connectivity index (χ0) is 35.6. The Balaban J connectivity index is 1.48. The Labute approximate surface area is 285 Å². The molecule has 9 nitrogen and oxygen atoms in total. The van der Waals surface area contributed by atoms with Crippen molar-refractivity contribution in [1.29, 1.82) is 0 Å². The molecule has 12 heteroatoms. The maximum absolute atomic E-state index is 14.5. The van der Waals surface area contributed by atoms with Gasteiger partial charge in [0.25, 0.3) is 11.8 Å². The number of hydrogen-bond donors (Lipinski definition) is 2. The van der Waals surface area contributed by atoms with Gasteiger partial charge in [0.05, 0.1) is 18.2 Å². The molecule has 1 aromatic heterocycles. The van der Waals surface area contributed by atoms with Crippen LogP contribution in [0.3, 0.4) is 0 Å². The Hall–Kier alpha value is -4.35. The van der Waals surface area contributed by atoms with Crippen molar-refractivity contribution >= 4 is 23.6 Å². The van der Waals surface area contributed by atoms with E-state index in [0.29, 0.717) is 42.1 Å². The molecule has 2 heterocycles. The zero-order valence-corrected chi connectivity index (χ0v) is 29.1. The number of carbonyl (C=O) groups is 2. The van der Waals surface area contributed by atoms with Crippen molar-refractivity contribution in [2.24, 2.45) is 21.7 Å². The summed E-state index contributed by atoms with van der Waals surface area (Å²) < 4.78 is 40.2. The molecule has 0 radical (unpaired) electrons. The number of nitrogens with one attached hydrogen (secondary N) is 2. The second kappa shape index (κ2) is 13.9. The first-order valence-corrected chi connectivity index (χ1v) is 16.8. The Morgan fingerprint density at radius 3 is 2.33 bits per heavy atom. The molecule has 5 rings (SSSR count). The Kier molecular flexibility index (Phi) is 10.2. The fourth-order valence-corrected chi connectivity index (χ4v) is 6.86. The van der Waals surface area contributed by atoms with E-state index in [-0.39, 0.29) is 40.9 Å². The molecule has 1 fully saturated rings. The van der Waals surface area contributed by atoms with Crippen molar-refractivity contribution in [1.82, 2.24) is 30.8 Å². The van der Waals surface area contributed by atoms with Crippen molar-refractivity contribution in [3.63, 3.8) is 0 Å². The molecular formula is C37H46F3N7O2. The number of aromatic nitrogens is 4. The van der Waals surface area contributed by atoms with Gasteiger partial charge >= 0.3 is 6.18 Å². The van der Waals surface area contributed by atoms with Crippen LogP contribution < -0.4 is 5.32 Å². The number of amides is 2. The van der Waals surface area contributed by atoms with Gasteiger partial charge in [0.15, 0.2) is 5.82 Å². The molecule has 2 aliphatic rings. The van der Waals surface area contributed by atoms with Gasteiger partial charge in [-0.2, -0.15) is 18.4 Å². The Morgan fingerprint density at radius 2 is 1.73 bits per heavy atom. The average molecular weight is 678 g/mol. The number of aliphatic imine (C=N–C) groups is 1. The quantitative estimate of drug-likeness (QED) is 0.239. The lowest BCUT2D eigenvalue weighted by atomic mass is 9.69. The van der Waals surface area contributed by atoms with Gasteiger partial charge in [0, 0.05) is 5.56 Å². The number of tetrazole rings is 1. The van der Waals surface area contributed by atoms with Crippen LogP contribution in [0, 0.1) is 16.7 Å². The number of alkyl halides is 3. The lowest BCUT2D eigenvalue weighted by Crippen LogP contribution is -2.51. The van der Waals surface area contributed by atoms with Crippen molar-refractivity contribution in [2.45, 2.75) is 104 Å². The summed E-state index contributed by atoms with van der Waals surface area (Å²) in [6.07, 6.45) is 3.28. The minimum atomic E-state index is -4.47. The summed E-state index contributed by atoms with van der Waals surface area (Å²) in [7, 11) is 0. The van der Waals surface area contributed by atoms with Crippen LogP contribution in [0.1, 0.15) is 119 Å². The Bertz CT molecular complexity index is 1680. The third kappa shape index (κ3) is 8.63. The molecule has 2 N–H and O–H groups in total. The van der Waals surface area contributed by atoms with Gasteiger partial charge in [-0.25, -0.2) is 0 Å². The summed E-state index contributed by atoms with van der Waals surface area (Å²) in [5.74, 6) is 0.304. The van der Waals surface area contributed by atoms with Crippen LogP contribution in [0.4, 0.5) is 13.2 Å². The number of H-pyrrole nitrogens is 1. The minimum Gasteiger partial charge on any atom is -0.345 e. The van der Waals surface area contributed by atoms with E-state index in [4.69, 9.17) is 4.99 Å². The van der Waals surface area contributed by atoms with Crippen LogP contribution >= 0.6 is 0 Å². The normalized spacial score (nSPS) is 21.0. The molecule has 3 aromatic rings. The van der Waals surface area contributed by atoms with Gasteiger partial charge < -0.3 is 10.2 Å². The molecule has 0 saturated heterocycles. The van der Waals surface area contributed by atoms with E-state index < -0.39 is 17.4 Å². The topological polar surface area (TPSA) is 116 Å². The molecule has 1 aliphatic carbocycles. The lowest BCUT2D eigenvalue weighted by Gasteiger charge is -2.47. The largest absolute Gasteiger partial charge is 0.416 e. The summed E-state index contributed by atoms with van der Waals surface area (Å²) >= 11 is 0. The van der Waals surface area contributed by atoms with Gasteiger partial charge in [-0.05, 0) is 96.7 Å². The number of benzene rings is 2. The molecule has 1 atom stereocenters. The lowest BCUT2D eigenvalue weighted by molar-refractivity contribution is -0.137.